The Morgan fingerprint density at radius 1 is 1.12 bits per heavy atom. The predicted molar refractivity (Wildman–Crippen MR) is 97.8 cm³/mol. The second-order valence-corrected chi connectivity index (χ2v) is 6.30. The number of carbonyl (C=O) groups is 2. The number of hydrogen-bond donors (Lipinski definition) is 1. The maximum Gasteiger partial charge on any atom is 0.337 e. The maximum atomic E-state index is 12.0. The highest BCUT2D eigenvalue weighted by Gasteiger charge is 2.31. The molecular formula is C20H22N2O3. The van der Waals surface area contributed by atoms with Crippen LogP contribution in [0.4, 0.5) is 11.4 Å². The monoisotopic (exact) mass is 338 g/mol. The van der Waals surface area contributed by atoms with Crippen LogP contribution in [0.1, 0.15) is 42.2 Å². The van der Waals surface area contributed by atoms with Crippen molar-refractivity contribution >= 4 is 23.3 Å². The van der Waals surface area contributed by atoms with Crippen LogP contribution in [0.5, 0.6) is 0 Å². The lowest BCUT2D eigenvalue weighted by Crippen LogP contribution is -2.43. The lowest BCUT2D eigenvalue weighted by atomic mass is 9.91. The van der Waals surface area contributed by atoms with E-state index < -0.39 is 0 Å². The lowest BCUT2D eigenvalue weighted by Gasteiger charge is -2.39. The summed E-state index contributed by atoms with van der Waals surface area (Å²) in [5, 5.41) is 3.52. The molecule has 3 rings (SSSR count). The highest BCUT2D eigenvalue weighted by Crippen LogP contribution is 2.38. The van der Waals surface area contributed by atoms with E-state index in [1.807, 2.05) is 35.2 Å². The number of rotatable bonds is 3. The number of benzene rings is 2. The molecule has 0 fully saturated rings. The molecule has 0 bridgehead atoms. The molecule has 0 unspecified atom stereocenters. The van der Waals surface area contributed by atoms with Gasteiger partial charge in [0.1, 0.15) is 0 Å². The fourth-order valence-corrected chi connectivity index (χ4v) is 3.45. The molecule has 0 saturated carbocycles. The van der Waals surface area contributed by atoms with E-state index >= 15 is 0 Å². The van der Waals surface area contributed by atoms with Gasteiger partial charge in [0, 0.05) is 24.3 Å². The Bertz CT molecular complexity index is 786. The van der Waals surface area contributed by atoms with Gasteiger partial charge in [0.2, 0.25) is 5.91 Å². The zero-order valence-corrected chi connectivity index (χ0v) is 14.7. The first-order valence-corrected chi connectivity index (χ1v) is 8.35. The lowest BCUT2D eigenvalue weighted by molar-refractivity contribution is -0.117. The molecule has 1 aliphatic rings. The number of nitrogens with one attached hydrogen (secondary N) is 1. The molecule has 0 aromatic heterocycles. The van der Waals surface area contributed by atoms with Gasteiger partial charge in [0.05, 0.1) is 18.7 Å². The molecule has 0 saturated heterocycles. The van der Waals surface area contributed by atoms with E-state index in [9.17, 15) is 9.59 Å². The number of nitrogens with zero attached hydrogens (tertiary/aromatic N) is 1. The molecule has 1 amide bonds. The number of amides is 1. The number of esters is 1. The van der Waals surface area contributed by atoms with E-state index in [1.54, 1.807) is 19.1 Å². The molecule has 0 radical (unpaired) electrons. The van der Waals surface area contributed by atoms with E-state index in [0.717, 1.165) is 23.4 Å². The van der Waals surface area contributed by atoms with Crippen LogP contribution in [0.15, 0.2) is 48.5 Å². The molecule has 0 spiro atoms. The minimum Gasteiger partial charge on any atom is -0.465 e. The highest BCUT2D eigenvalue weighted by molar-refractivity contribution is 5.94. The molecule has 25 heavy (non-hydrogen) atoms. The van der Waals surface area contributed by atoms with E-state index in [0.29, 0.717) is 5.56 Å². The first-order chi connectivity index (χ1) is 12.0. The molecule has 1 aliphatic heterocycles. The summed E-state index contributed by atoms with van der Waals surface area (Å²) in [6, 6.07) is 15.4. The van der Waals surface area contributed by atoms with Crippen molar-refractivity contribution in [2.24, 2.45) is 0 Å². The summed E-state index contributed by atoms with van der Waals surface area (Å²) < 4.78 is 4.72. The van der Waals surface area contributed by atoms with Crippen LogP contribution >= 0.6 is 0 Å². The fraction of sp³-hybridized carbons (Fsp3) is 0.300. The van der Waals surface area contributed by atoms with Crippen molar-refractivity contribution < 1.29 is 14.3 Å². The summed E-state index contributed by atoms with van der Waals surface area (Å²) in [7, 11) is 1.37. The average molecular weight is 338 g/mol. The number of fused-ring (bicyclic) bond motifs is 1. The zero-order chi connectivity index (χ0) is 18.0. The first-order valence-electron chi connectivity index (χ1n) is 8.35. The van der Waals surface area contributed by atoms with Crippen LogP contribution in [0.25, 0.3) is 0 Å². The summed E-state index contributed by atoms with van der Waals surface area (Å²) in [6.07, 6.45) is 0.815. The van der Waals surface area contributed by atoms with Gasteiger partial charge < -0.3 is 15.0 Å². The van der Waals surface area contributed by atoms with E-state index in [4.69, 9.17) is 4.74 Å². The average Bonchev–Trinajstić information content (AvgIpc) is 2.61. The van der Waals surface area contributed by atoms with Crippen molar-refractivity contribution in [3.63, 3.8) is 0 Å². The van der Waals surface area contributed by atoms with Gasteiger partial charge in [0.15, 0.2) is 0 Å². The minimum absolute atomic E-state index is 0.0563. The normalized spacial score (nSPS) is 19.1. The molecule has 2 atom stereocenters. The second-order valence-electron chi connectivity index (χ2n) is 6.30. The summed E-state index contributed by atoms with van der Waals surface area (Å²) in [5.41, 5.74) is 3.51. The van der Waals surface area contributed by atoms with Crippen molar-refractivity contribution in [1.29, 1.82) is 0 Å². The number of anilines is 2. The summed E-state index contributed by atoms with van der Waals surface area (Å²) >= 11 is 0. The van der Waals surface area contributed by atoms with Gasteiger partial charge in [-0.05, 0) is 49.2 Å². The minimum atomic E-state index is -0.347. The standard InChI is InChI=1S/C20H22N2O3/c1-13-12-18(17-6-4-5-7-19(17)22(13)14(2)23)21-16-10-8-15(9-11-16)20(24)25-3/h4-11,13,18,21H,12H2,1-3H3/t13-,18+/m1/s1. The quantitative estimate of drug-likeness (QED) is 0.866. The summed E-state index contributed by atoms with van der Waals surface area (Å²) in [4.78, 5) is 25.4. The Morgan fingerprint density at radius 3 is 2.44 bits per heavy atom. The van der Waals surface area contributed by atoms with Crippen LogP contribution in [0.3, 0.4) is 0 Å². The Morgan fingerprint density at radius 2 is 1.80 bits per heavy atom. The Kier molecular flexibility index (Phi) is 4.74. The van der Waals surface area contributed by atoms with Crippen LogP contribution < -0.4 is 10.2 Å². The van der Waals surface area contributed by atoms with E-state index in [-0.39, 0.29) is 24.0 Å². The smallest absolute Gasteiger partial charge is 0.337 e. The third kappa shape index (κ3) is 3.36. The number of methoxy groups -OCH3 is 1. The molecule has 2 aromatic carbocycles. The van der Waals surface area contributed by atoms with Crippen LogP contribution in [-0.2, 0) is 9.53 Å². The highest BCUT2D eigenvalue weighted by atomic mass is 16.5. The maximum absolute atomic E-state index is 12.0. The van der Waals surface area contributed by atoms with Gasteiger partial charge in [-0.25, -0.2) is 4.79 Å². The summed E-state index contributed by atoms with van der Waals surface area (Å²) in [5.74, 6) is -0.291. The molecule has 1 N–H and O–H groups in total. The van der Waals surface area contributed by atoms with Gasteiger partial charge in [-0.15, -0.1) is 0 Å². The molecule has 1 heterocycles. The Balaban J connectivity index is 1.86. The number of carbonyl (C=O) groups excluding carboxylic acids is 2. The fourth-order valence-electron chi connectivity index (χ4n) is 3.45. The van der Waals surface area contributed by atoms with Crippen molar-refractivity contribution in [3.8, 4) is 0 Å². The molecular weight excluding hydrogens is 316 g/mol. The van der Waals surface area contributed by atoms with Crippen molar-refractivity contribution in [3.05, 3.63) is 59.7 Å². The predicted octanol–water partition coefficient (Wildman–Crippen LogP) is 3.77. The van der Waals surface area contributed by atoms with Crippen LogP contribution in [0, 0.1) is 0 Å². The molecule has 0 aliphatic carbocycles. The SMILES string of the molecule is COC(=O)c1ccc(N[C@H]2C[C@@H](C)N(C(C)=O)c3ccccc32)cc1. The molecule has 5 heteroatoms. The van der Waals surface area contributed by atoms with Crippen LogP contribution in [-0.4, -0.2) is 25.0 Å². The van der Waals surface area contributed by atoms with Crippen molar-refractivity contribution in [2.75, 3.05) is 17.3 Å². The number of hydrogen-bond acceptors (Lipinski definition) is 4. The van der Waals surface area contributed by atoms with Crippen molar-refractivity contribution in [2.45, 2.75) is 32.4 Å². The van der Waals surface area contributed by atoms with E-state index in [1.165, 1.54) is 7.11 Å². The van der Waals surface area contributed by atoms with E-state index in [2.05, 4.69) is 18.3 Å². The number of ether oxygens (including phenoxy) is 1. The molecule has 5 nitrogen and oxygen atoms in total. The topological polar surface area (TPSA) is 58.6 Å². The van der Waals surface area contributed by atoms with Crippen LogP contribution in [0.2, 0.25) is 0 Å². The Labute approximate surface area is 147 Å². The molecule has 2 aromatic rings. The molecule has 130 valence electrons. The van der Waals surface area contributed by atoms with Crippen molar-refractivity contribution in [1.82, 2.24) is 0 Å². The van der Waals surface area contributed by atoms with Gasteiger partial charge in [-0.1, -0.05) is 18.2 Å². The zero-order valence-electron chi connectivity index (χ0n) is 14.7. The van der Waals surface area contributed by atoms with Gasteiger partial charge in [-0.3, -0.25) is 4.79 Å². The Hall–Kier alpha value is -2.82. The third-order valence-electron chi connectivity index (χ3n) is 4.58. The third-order valence-corrected chi connectivity index (χ3v) is 4.58. The largest absolute Gasteiger partial charge is 0.465 e. The van der Waals surface area contributed by atoms with Gasteiger partial charge >= 0.3 is 5.97 Å². The van der Waals surface area contributed by atoms with Gasteiger partial charge in [0.25, 0.3) is 0 Å². The summed E-state index contributed by atoms with van der Waals surface area (Å²) in [6.45, 7) is 3.67. The first kappa shape index (κ1) is 17.0. The van der Waals surface area contributed by atoms with Gasteiger partial charge in [-0.2, -0.15) is 0 Å². The number of para-hydroxylation sites is 1. The second kappa shape index (κ2) is 6.97.